The highest BCUT2D eigenvalue weighted by molar-refractivity contribution is 5.74. The van der Waals surface area contributed by atoms with Crippen molar-refractivity contribution in [3.05, 3.63) is 0 Å². The van der Waals surface area contributed by atoms with Gasteiger partial charge in [0.1, 0.15) is 0 Å². The zero-order valence-electron chi connectivity index (χ0n) is 12.1. The number of aliphatic hydroxyl groups is 2. The Kier molecular flexibility index (Phi) is 7.16. The SMILES string of the molecule is CC(CCCO)NC(=O)N(C)C1CCC(CO)CC1. The van der Waals surface area contributed by atoms with E-state index in [0.717, 1.165) is 32.1 Å². The summed E-state index contributed by atoms with van der Waals surface area (Å²) >= 11 is 0. The molecular weight excluding hydrogens is 244 g/mol. The van der Waals surface area contributed by atoms with E-state index in [1.165, 1.54) is 0 Å². The van der Waals surface area contributed by atoms with Crippen LogP contribution in [0.3, 0.4) is 0 Å². The first kappa shape index (κ1) is 16.2. The lowest BCUT2D eigenvalue weighted by atomic mass is 9.86. The maximum absolute atomic E-state index is 12.1. The molecule has 19 heavy (non-hydrogen) atoms. The predicted molar refractivity (Wildman–Crippen MR) is 74.9 cm³/mol. The third-order valence-corrected chi connectivity index (χ3v) is 4.11. The number of amides is 2. The average molecular weight is 272 g/mol. The number of urea groups is 1. The van der Waals surface area contributed by atoms with Gasteiger partial charge in [0.15, 0.2) is 0 Å². The highest BCUT2D eigenvalue weighted by atomic mass is 16.3. The molecule has 0 radical (unpaired) electrons. The number of rotatable bonds is 6. The van der Waals surface area contributed by atoms with Crippen LogP contribution in [-0.4, -0.2) is 53.5 Å². The average Bonchev–Trinajstić information content (AvgIpc) is 2.44. The monoisotopic (exact) mass is 272 g/mol. The van der Waals surface area contributed by atoms with Crippen LogP contribution in [-0.2, 0) is 0 Å². The third-order valence-electron chi connectivity index (χ3n) is 4.11. The predicted octanol–water partition coefficient (Wildman–Crippen LogP) is 1.34. The minimum absolute atomic E-state index is 0.0297. The number of carbonyl (C=O) groups is 1. The summed E-state index contributed by atoms with van der Waals surface area (Å²) in [6.07, 6.45) is 5.46. The van der Waals surface area contributed by atoms with Crippen LogP contribution in [0.25, 0.3) is 0 Å². The lowest BCUT2D eigenvalue weighted by Crippen LogP contribution is -2.47. The number of nitrogens with zero attached hydrogens (tertiary/aromatic N) is 1. The Hall–Kier alpha value is -0.810. The van der Waals surface area contributed by atoms with Crippen molar-refractivity contribution in [1.82, 2.24) is 10.2 Å². The van der Waals surface area contributed by atoms with Crippen LogP contribution in [0.2, 0.25) is 0 Å². The summed E-state index contributed by atoms with van der Waals surface area (Å²) in [4.78, 5) is 13.9. The molecule has 1 atom stereocenters. The molecule has 1 aliphatic carbocycles. The molecule has 1 unspecified atom stereocenters. The molecule has 1 aliphatic rings. The van der Waals surface area contributed by atoms with Crippen LogP contribution in [0, 0.1) is 5.92 Å². The second-order valence-corrected chi connectivity index (χ2v) is 5.68. The van der Waals surface area contributed by atoms with Gasteiger partial charge in [0.2, 0.25) is 0 Å². The molecule has 5 heteroatoms. The van der Waals surface area contributed by atoms with E-state index >= 15 is 0 Å². The van der Waals surface area contributed by atoms with E-state index < -0.39 is 0 Å². The van der Waals surface area contributed by atoms with Crippen LogP contribution >= 0.6 is 0 Å². The van der Waals surface area contributed by atoms with E-state index in [0.29, 0.717) is 12.3 Å². The summed E-state index contributed by atoms with van der Waals surface area (Å²) in [5, 5.41) is 20.8. The number of hydrogen-bond acceptors (Lipinski definition) is 3. The van der Waals surface area contributed by atoms with Gasteiger partial charge in [0, 0.05) is 32.3 Å². The van der Waals surface area contributed by atoms with Gasteiger partial charge in [-0.1, -0.05) is 0 Å². The lowest BCUT2D eigenvalue weighted by molar-refractivity contribution is 0.132. The Labute approximate surface area is 116 Å². The van der Waals surface area contributed by atoms with Gasteiger partial charge < -0.3 is 20.4 Å². The van der Waals surface area contributed by atoms with Crippen molar-refractivity contribution in [2.24, 2.45) is 5.92 Å². The summed E-state index contributed by atoms with van der Waals surface area (Å²) in [7, 11) is 1.85. The van der Waals surface area contributed by atoms with E-state index in [1.54, 1.807) is 4.90 Å². The quantitative estimate of drug-likeness (QED) is 0.683. The van der Waals surface area contributed by atoms with Crippen LogP contribution in [0.4, 0.5) is 4.79 Å². The molecule has 1 rings (SSSR count). The molecule has 1 fully saturated rings. The zero-order chi connectivity index (χ0) is 14.3. The van der Waals surface area contributed by atoms with Gasteiger partial charge in [0.05, 0.1) is 0 Å². The Morgan fingerprint density at radius 1 is 1.32 bits per heavy atom. The van der Waals surface area contributed by atoms with Gasteiger partial charge in [-0.25, -0.2) is 4.79 Å². The standard InChI is InChI=1S/C14H28N2O3/c1-11(4-3-9-17)15-14(19)16(2)13-7-5-12(10-18)6-8-13/h11-13,17-18H,3-10H2,1-2H3,(H,15,19). The summed E-state index contributed by atoms with van der Waals surface area (Å²) in [6, 6.07) is 0.349. The minimum Gasteiger partial charge on any atom is -0.396 e. The van der Waals surface area contributed by atoms with Crippen molar-refractivity contribution in [3.8, 4) is 0 Å². The third kappa shape index (κ3) is 5.37. The molecule has 0 aromatic heterocycles. The molecule has 5 nitrogen and oxygen atoms in total. The Balaban J connectivity index is 2.32. The first-order valence-electron chi connectivity index (χ1n) is 7.33. The molecule has 112 valence electrons. The maximum Gasteiger partial charge on any atom is 0.317 e. The Bertz CT molecular complexity index is 265. The lowest BCUT2D eigenvalue weighted by Gasteiger charge is -2.34. The number of hydrogen-bond donors (Lipinski definition) is 3. The van der Waals surface area contributed by atoms with Crippen LogP contribution in [0.15, 0.2) is 0 Å². The molecular formula is C14H28N2O3. The summed E-state index contributed by atoms with van der Waals surface area (Å²) < 4.78 is 0. The molecule has 0 saturated heterocycles. The van der Waals surface area contributed by atoms with Crippen molar-refractivity contribution < 1.29 is 15.0 Å². The largest absolute Gasteiger partial charge is 0.396 e. The van der Waals surface area contributed by atoms with Crippen molar-refractivity contribution >= 4 is 6.03 Å². The fraction of sp³-hybridized carbons (Fsp3) is 0.929. The van der Waals surface area contributed by atoms with Gasteiger partial charge in [-0.2, -0.15) is 0 Å². The first-order chi connectivity index (χ1) is 9.08. The maximum atomic E-state index is 12.1. The second-order valence-electron chi connectivity index (χ2n) is 5.68. The normalized spacial score (nSPS) is 24.8. The summed E-state index contributed by atoms with van der Waals surface area (Å²) in [5.41, 5.74) is 0. The number of carbonyl (C=O) groups excluding carboxylic acids is 1. The number of aliphatic hydroxyl groups excluding tert-OH is 2. The van der Waals surface area contributed by atoms with Gasteiger partial charge in [-0.15, -0.1) is 0 Å². The van der Waals surface area contributed by atoms with E-state index in [2.05, 4.69) is 5.32 Å². The molecule has 2 amide bonds. The molecule has 1 saturated carbocycles. The first-order valence-corrected chi connectivity index (χ1v) is 7.33. The molecule has 0 aromatic rings. The van der Waals surface area contributed by atoms with Gasteiger partial charge in [-0.3, -0.25) is 0 Å². The molecule has 0 heterocycles. The smallest absolute Gasteiger partial charge is 0.317 e. The van der Waals surface area contributed by atoms with Gasteiger partial charge >= 0.3 is 6.03 Å². The van der Waals surface area contributed by atoms with E-state index in [4.69, 9.17) is 10.2 Å². The van der Waals surface area contributed by atoms with Crippen molar-refractivity contribution in [1.29, 1.82) is 0 Å². The number of nitrogens with one attached hydrogen (secondary N) is 1. The van der Waals surface area contributed by atoms with Crippen molar-refractivity contribution in [3.63, 3.8) is 0 Å². The van der Waals surface area contributed by atoms with Crippen LogP contribution in [0.5, 0.6) is 0 Å². The second kappa shape index (κ2) is 8.38. The highest BCUT2D eigenvalue weighted by Crippen LogP contribution is 2.26. The van der Waals surface area contributed by atoms with E-state index in [9.17, 15) is 4.79 Å². The van der Waals surface area contributed by atoms with Gasteiger partial charge in [-0.05, 0) is 51.4 Å². The summed E-state index contributed by atoms with van der Waals surface area (Å²) in [5.74, 6) is 0.413. The molecule has 0 spiro atoms. The van der Waals surface area contributed by atoms with Gasteiger partial charge in [0.25, 0.3) is 0 Å². The highest BCUT2D eigenvalue weighted by Gasteiger charge is 2.26. The molecule has 0 aromatic carbocycles. The van der Waals surface area contributed by atoms with Crippen molar-refractivity contribution in [2.45, 2.75) is 57.5 Å². The molecule has 0 aliphatic heterocycles. The topological polar surface area (TPSA) is 72.8 Å². The fourth-order valence-corrected chi connectivity index (χ4v) is 2.66. The Morgan fingerprint density at radius 3 is 2.47 bits per heavy atom. The van der Waals surface area contributed by atoms with Crippen LogP contribution < -0.4 is 5.32 Å². The minimum atomic E-state index is -0.0297. The molecule has 3 N–H and O–H groups in total. The summed E-state index contributed by atoms with van der Waals surface area (Å²) in [6.45, 7) is 2.39. The van der Waals surface area contributed by atoms with E-state index in [1.807, 2.05) is 14.0 Å². The Morgan fingerprint density at radius 2 is 1.95 bits per heavy atom. The zero-order valence-corrected chi connectivity index (χ0v) is 12.1. The van der Waals surface area contributed by atoms with E-state index in [-0.39, 0.29) is 31.3 Å². The van der Waals surface area contributed by atoms with Crippen molar-refractivity contribution in [2.75, 3.05) is 20.3 Å². The fourth-order valence-electron chi connectivity index (χ4n) is 2.66. The van der Waals surface area contributed by atoms with Crippen LogP contribution in [0.1, 0.15) is 45.4 Å². The molecule has 0 bridgehead atoms.